The van der Waals surface area contributed by atoms with Gasteiger partial charge in [-0.3, -0.25) is 9.82 Å². The Morgan fingerprint density at radius 3 is 2.62 bits per heavy atom. The first-order chi connectivity index (χ1) is 9.95. The molecule has 2 aromatic carbocycles. The average molecular weight is 322 g/mol. The second-order valence-corrected chi connectivity index (χ2v) is 6.80. The van der Waals surface area contributed by atoms with Crippen molar-refractivity contribution in [3.63, 3.8) is 0 Å². The number of sulfonamides is 1. The number of nitrogens with zero attached hydrogens (tertiary/aromatic N) is 1. The zero-order valence-electron chi connectivity index (χ0n) is 11.1. The Labute approximate surface area is 127 Å². The average Bonchev–Trinajstić information content (AvgIpc) is 2.87. The van der Waals surface area contributed by atoms with Crippen LogP contribution in [-0.4, -0.2) is 18.6 Å². The molecule has 0 spiro atoms. The fourth-order valence-electron chi connectivity index (χ4n) is 2.00. The molecule has 0 aliphatic carbocycles. The summed E-state index contributed by atoms with van der Waals surface area (Å²) in [5, 5.41) is 7.82. The molecule has 0 saturated heterocycles. The van der Waals surface area contributed by atoms with Gasteiger partial charge in [-0.05, 0) is 31.2 Å². The van der Waals surface area contributed by atoms with Crippen LogP contribution in [0.1, 0.15) is 5.56 Å². The van der Waals surface area contributed by atoms with E-state index < -0.39 is 10.0 Å². The van der Waals surface area contributed by atoms with Gasteiger partial charge in [0, 0.05) is 5.39 Å². The highest BCUT2D eigenvalue weighted by atomic mass is 35.5. The van der Waals surface area contributed by atoms with Gasteiger partial charge in [0.05, 0.1) is 27.3 Å². The van der Waals surface area contributed by atoms with Gasteiger partial charge in [-0.1, -0.05) is 29.3 Å². The van der Waals surface area contributed by atoms with Crippen molar-refractivity contribution in [2.45, 2.75) is 11.8 Å². The first-order valence-electron chi connectivity index (χ1n) is 6.18. The monoisotopic (exact) mass is 321 g/mol. The highest BCUT2D eigenvalue weighted by Gasteiger charge is 2.15. The van der Waals surface area contributed by atoms with Crippen molar-refractivity contribution in [1.29, 1.82) is 0 Å². The molecule has 21 heavy (non-hydrogen) atoms. The lowest BCUT2D eigenvalue weighted by atomic mass is 10.2. The second-order valence-electron chi connectivity index (χ2n) is 4.71. The fraction of sp³-hybridized carbons (Fsp3) is 0.0714. The van der Waals surface area contributed by atoms with Crippen molar-refractivity contribution < 1.29 is 8.42 Å². The van der Waals surface area contributed by atoms with E-state index in [1.807, 2.05) is 6.92 Å². The Hall–Kier alpha value is -2.05. The summed E-state index contributed by atoms with van der Waals surface area (Å²) in [5.74, 6) is 0. The van der Waals surface area contributed by atoms with Gasteiger partial charge in [0.15, 0.2) is 0 Å². The van der Waals surface area contributed by atoms with Crippen LogP contribution >= 0.6 is 11.6 Å². The normalized spacial score (nSPS) is 11.7. The van der Waals surface area contributed by atoms with Crippen LogP contribution in [0.15, 0.2) is 47.5 Å². The zero-order valence-corrected chi connectivity index (χ0v) is 12.7. The van der Waals surface area contributed by atoms with Crippen LogP contribution in [0.5, 0.6) is 0 Å². The van der Waals surface area contributed by atoms with Gasteiger partial charge in [-0.25, -0.2) is 8.42 Å². The minimum atomic E-state index is -3.64. The lowest BCUT2D eigenvalue weighted by Gasteiger charge is -2.09. The third-order valence-electron chi connectivity index (χ3n) is 3.09. The number of fused-ring (bicyclic) bond motifs is 1. The van der Waals surface area contributed by atoms with Crippen LogP contribution in [0.25, 0.3) is 10.9 Å². The van der Waals surface area contributed by atoms with Crippen molar-refractivity contribution in [1.82, 2.24) is 10.2 Å². The Morgan fingerprint density at radius 2 is 1.90 bits per heavy atom. The van der Waals surface area contributed by atoms with Crippen LogP contribution in [-0.2, 0) is 10.0 Å². The predicted molar refractivity (Wildman–Crippen MR) is 83.1 cm³/mol. The molecule has 0 fully saturated rings. The maximum atomic E-state index is 12.3. The number of anilines is 1. The van der Waals surface area contributed by atoms with Crippen LogP contribution < -0.4 is 4.72 Å². The quantitative estimate of drug-likeness (QED) is 0.777. The molecule has 0 aliphatic rings. The molecule has 0 saturated carbocycles. The summed E-state index contributed by atoms with van der Waals surface area (Å²) < 4.78 is 27.2. The molecule has 7 heteroatoms. The van der Waals surface area contributed by atoms with E-state index in [1.165, 1.54) is 0 Å². The number of rotatable bonds is 3. The molecule has 1 aromatic heterocycles. The highest BCUT2D eigenvalue weighted by Crippen LogP contribution is 2.27. The van der Waals surface area contributed by atoms with Crippen LogP contribution in [0.2, 0.25) is 5.02 Å². The van der Waals surface area contributed by atoms with E-state index in [0.29, 0.717) is 16.2 Å². The molecule has 0 bridgehead atoms. The number of aromatic amines is 1. The van der Waals surface area contributed by atoms with Crippen molar-refractivity contribution in [3.05, 3.63) is 53.2 Å². The summed E-state index contributed by atoms with van der Waals surface area (Å²) in [6.07, 6.45) is 1.59. The van der Waals surface area contributed by atoms with Crippen LogP contribution in [0.3, 0.4) is 0 Å². The van der Waals surface area contributed by atoms with Gasteiger partial charge in [0.1, 0.15) is 0 Å². The molecule has 5 nitrogen and oxygen atoms in total. The molecule has 3 aromatic rings. The Kier molecular flexibility index (Phi) is 3.35. The Bertz CT molecular complexity index is 902. The molecule has 0 amide bonds. The number of aromatic nitrogens is 2. The minimum Gasteiger partial charge on any atom is -0.280 e. The van der Waals surface area contributed by atoms with Crippen molar-refractivity contribution >= 4 is 38.2 Å². The summed E-state index contributed by atoms with van der Waals surface area (Å²) in [5.41, 5.74) is 2.05. The molecule has 0 aliphatic heterocycles. The number of aryl methyl sites for hydroxylation is 1. The maximum absolute atomic E-state index is 12.3. The molecule has 2 N–H and O–H groups in total. The number of H-pyrrole nitrogens is 1. The first kappa shape index (κ1) is 13.9. The highest BCUT2D eigenvalue weighted by molar-refractivity contribution is 7.92. The lowest BCUT2D eigenvalue weighted by molar-refractivity contribution is 0.601. The fourth-order valence-corrected chi connectivity index (χ4v) is 3.31. The summed E-state index contributed by atoms with van der Waals surface area (Å²) in [7, 11) is -3.64. The molecule has 0 unspecified atom stereocenters. The molecule has 0 radical (unpaired) electrons. The van der Waals surface area contributed by atoms with E-state index in [-0.39, 0.29) is 4.90 Å². The smallest absolute Gasteiger partial charge is 0.261 e. The summed E-state index contributed by atoms with van der Waals surface area (Å²) >= 11 is 6.10. The molecular weight excluding hydrogens is 310 g/mol. The van der Waals surface area contributed by atoms with Gasteiger partial charge < -0.3 is 0 Å². The molecular formula is C14H12ClN3O2S. The van der Waals surface area contributed by atoms with Crippen LogP contribution in [0, 0.1) is 6.92 Å². The topological polar surface area (TPSA) is 74.8 Å². The van der Waals surface area contributed by atoms with E-state index in [2.05, 4.69) is 14.9 Å². The molecule has 3 rings (SSSR count). The van der Waals surface area contributed by atoms with E-state index >= 15 is 0 Å². The SMILES string of the molecule is Cc1ccc(S(=O)(=O)Nc2cc(Cl)c3cn[nH]c3c2)cc1. The number of hydrogen-bond donors (Lipinski definition) is 2. The van der Waals surface area contributed by atoms with Crippen LogP contribution in [0.4, 0.5) is 5.69 Å². The Balaban J connectivity index is 1.98. The van der Waals surface area contributed by atoms with Gasteiger partial charge >= 0.3 is 0 Å². The van der Waals surface area contributed by atoms with Crippen molar-refractivity contribution in [2.24, 2.45) is 0 Å². The third-order valence-corrected chi connectivity index (χ3v) is 4.80. The molecule has 0 atom stereocenters. The van der Waals surface area contributed by atoms with Gasteiger partial charge in [-0.2, -0.15) is 5.10 Å². The maximum Gasteiger partial charge on any atom is 0.261 e. The predicted octanol–water partition coefficient (Wildman–Crippen LogP) is 3.33. The van der Waals surface area contributed by atoms with E-state index in [0.717, 1.165) is 10.9 Å². The molecule has 108 valence electrons. The Morgan fingerprint density at radius 1 is 1.19 bits per heavy atom. The second kappa shape index (κ2) is 5.05. The van der Waals surface area contributed by atoms with Gasteiger partial charge in [0.2, 0.25) is 0 Å². The van der Waals surface area contributed by atoms with E-state index in [1.54, 1.807) is 42.6 Å². The van der Waals surface area contributed by atoms with Gasteiger partial charge in [-0.15, -0.1) is 0 Å². The number of hydrogen-bond acceptors (Lipinski definition) is 3. The lowest BCUT2D eigenvalue weighted by Crippen LogP contribution is -2.12. The number of halogens is 1. The van der Waals surface area contributed by atoms with Crippen molar-refractivity contribution in [2.75, 3.05) is 4.72 Å². The summed E-state index contributed by atoms with van der Waals surface area (Å²) in [6, 6.07) is 9.84. The number of benzene rings is 2. The standard InChI is InChI=1S/C14H12ClN3O2S/c1-9-2-4-11(5-3-9)21(19,20)18-10-6-13(15)12-8-16-17-14(12)7-10/h2-8,18H,1H3,(H,16,17). The van der Waals surface area contributed by atoms with E-state index in [4.69, 9.17) is 11.6 Å². The zero-order chi connectivity index (χ0) is 15.0. The summed E-state index contributed by atoms with van der Waals surface area (Å²) in [6.45, 7) is 1.90. The van der Waals surface area contributed by atoms with Gasteiger partial charge in [0.25, 0.3) is 10.0 Å². The largest absolute Gasteiger partial charge is 0.280 e. The minimum absolute atomic E-state index is 0.203. The van der Waals surface area contributed by atoms with Crippen molar-refractivity contribution in [3.8, 4) is 0 Å². The van der Waals surface area contributed by atoms with E-state index in [9.17, 15) is 8.42 Å². The molecule has 1 heterocycles. The first-order valence-corrected chi connectivity index (χ1v) is 8.04. The third kappa shape index (κ3) is 2.72. The number of nitrogens with one attached hydrogen (secondary N) is 2. The summed E-state index contributed by atoms with van der Waals surface area (Å²) in [4.78, 5) is 0.203.